The molecular weight excluding hydrogens is 747 g/mol. The maximum absolute atomic E-state index is 13.8. The Bertz CT molecular complexity index is 2280. The molecule has 5 aromatic rings. The third-order valence-electron chi connectivity index (χ3n) is 11.7. The summed E-state index contributed by atoms with van der Waals surface area (Å²) in [7, 11) is -0.406. The van der Waals surface area contributed by atoms with Crippen molar-refractivity contribution in [1.29, 1.82) is 0 Å². The van der Waals surface area contributed by atoms with Gasteiger partial charge in [-0.3, -0.25) is 14.6 Å². The van der Waals surface area contributed by atoms with Gasteiger partial charge in [-0.05, 0) is 109 Å². The third kappa shape index (κ3) is 9.87. The van der Waals surface area contributed by atoms with E-state index in [9.17, 15) is 19.8 Å². The van der Waals surface area contributed by atoms with Crippen molar-refractivity contribution in [3.63, 3.8) is 0 Å². The van der Waals surface area contributed by atoms with Crippen molar-refractivity contribution in [2.75, 3.05) is 32.1 Å². The van der Waals surface area contributed by atoms with Crippen molar-refractivity contribution in [2.45, 2.75) is 83.8 Å². The molecule has 1 aromatic heterocycles. The number of amides is 2. The van der Waals surface area contributed by atoms with E-state index in [0.29, 0.717) is 55.2 Å². The fraction of sp³-hybridized carbons (Fsp3) is 0.370. The number of ether oxygens (including phenoxy) is 1. The van der Waals surface area contributed by atoms with Gasteiger partial charge in [0, 0.05) is 60.1 Å². The average molecular weight is 804 g/mol. The van der Waals surface area contributed by atoms with Crippen molar-refractivity contribution in [2.24, 2.45) is 5.73 Å². The Labute approximate surface area is 342 Å². The first-order valence-electron chi connectivity index (χ1n) is 19.9. The summed E-state index contributed by atoms with van der Waals surface area (Å²) in [6, 6.07) is 24.7. The van der Waals surface area contributed by atoms with Crippen LogP contribution in [0.3, 0.4) is 0 Å². The number of aliphatic hydroxyl groups is 1. The van der Waals surface area contributed by atoms with Crippen LogP contribution in [0.1, 0.15) is 88.3 Å². The Balaban J connectivity index is 1.08. The quantitative estimate of drug-likeness (QED) is 0.0699. The number of rotatable bonds is 14. The number of methoxy groups -OCH3 is 1. The maximum Gasteiger partial charge on any atom is 0.253 e. The van der Waals surface area contributed by atoms with E-state index in [0.717, 1.165) is 51.7 Å². The number of aliphatic hydroxyl groups excluding tert-OH is 1. The zero-order chi connectivity index (χ0) is 41.8. The van der Waals surface area contributed by atoms with Gasteiger partial charge in [0.1, 0.15) is 11.5 Å². The number of phenolic OH excluding ortho intramolecular Hbond substituents is 1. The number of likely N-dealkylation sites (tertiary alicyclic amines) is 1. The van der Waals surface area contributed by atoms with Crippen molar-refractivity contribution in [1.82, 2.24) is 15.2 Å². The summed E-state index contributed by atoms with van der Waals surface area (Å²) in [5, 5.41) is 29.3. The first-order chi connectivity index (χ1) is 27.5. The molecule has 0 spiro atoms. The number of aromatic nitrogens is 1. The Morgan fingerprint density at radius 1 is 1.00 bits per heavy atom. The number of nitrogens with one attached hydrogen (secondary N) is 2. The maximum atomic E-state index is 13.8. The molecule has 0 unspecified atom stereocenters. The van der Waals surface area contributed by atoms with Gasteiger partial charge in [-0.1, -0.05) is 51.1 Å². The molecular formula is C46H57N5O6Si. The second kappa shape index (κ2) is 17.7. The van der Waals surface area contributed by atoms with Crippen LogP contribution in [-0.4, -0.2) is 73.0 Å². The highest BCUT2D eigenvalue weighted by atomic mass is 28.4. The lowest BCUT2D eigenvalue weighted by Gasteiger charge is -2.36. The first kappa shape index (κ1) is 42.3. The summed E-state index contributed by atoms with van der Waals surface area (Å²) in [6.07, 6.45) is 2.86. The molecule has 6 N–H and O–H groups in total. The first-order valence-corrected chi connectivity index (χ1v) is 22.8. The molecule has 11 nitrogen and oxygen atoms in total. The lowest BCUT2D eigenvalue weighted by Crippen LogP contribution is -2.45. The van der Waals surface area contributed by atoms with E-state index in [-0.39, 0.29) is 28.3 Å². The van der Waals surface area contributed by atoms with E-state index in [1.165, 1.54) is 6.20 Å². The van der Waals surface area contributed by atoms with Gasteiger partial charge in [-0.15, -0.1) is 0 Å². The number of piperidine rings is 1. The Morgan fingerprint density at radius 2 is 1.74 bits per heavy atom. The highest BCUT2D eigenvalue weighted by molar-refractivity contribution is 6.74. The molecule has 1 aliphatic rings. The third-order valence-corrected chi connectivity index (χ3v) is 16.2. The fourth-order valence-electron chi connectivity index (χ4n) is 7.14. The van der Waals surface area contributed by atoms with Crippen molar-refractivity contribution in [3.05, 3.63) is 124 Å². The summed E-state index contributed by atoms with van der Waals surface area (Å²) >= 11 is 0. The van der Waals surface area contributed by atoms with Crippen LogP contribution >= 0.6 is 0 Å². The zero-order valence-corrected chi connectivity index (χ0v) is 35.7. The molecule has 58 heavy (non-hydrogen) atoms. The molecule has 1 saturated heterocycles. The van der Waals surface area contributed by atoms with Gasteiger partial charge in [-0.2, -0.15) is 0 Å². The number of benzene rings is 4. The summed E-state index contributed by atoms with van der Waals surface area (Å²) in [6.45, 7) is 14.8. The average Bonchev–Trinajstić information content (AvgIpc) is 3.19. The number of nitrogens with two attached hydrogens (primary N) is 1. The number of aryl methyl sites for hydroxylation is 1. The molecule has 1 aliphatic heterocycles. The predicted octanol–water partition coefficient (Wildman–Crippen LogP) is 8.14. The van der Waals surface area contributed by atoms with Crippen molar-refractivity contribution < 1.29 is 29.0 Å². The van der Waals surface area contributed by atoms with Crippen LogP contribution in [0, 0.1) is 6.92 Å². The number of pyridine rings is 1. The Morgan fingerprint density at radius 3 is 2.45 bits per heavy atom. The lowest BCUT2D eigenvalue weighted by atomic mass is 9.96. The smallest absolute Gasteiger partial charge is 0.253 e. The minimum absolute atomic E-state index is 0.00774. The normalized spacial score (nSPS) is 14.4. The molecule has 12 heteroatoms. The summed E-state index contributed by atoms with van der Waals surface area (Å²) in [5.74, 6) is 0.250. The van der Waals surface area contributed by atoms with Crippen LogP contribution in [0.5, 0.6) is 11.5 Å². The topological polar surface area (TPSA) is 159 Å². The van der Waals surface area contributed by atoms with E-state index in [1.807, 2.05) is 72.5 Å². The number of fused-ring (bicyclic) bond motifs is 1. The van der Waals surface area contributed by atoms with Gasteiger partial charge in [0.2, 0.25) is 0 Å². The molecule has 1 fully saturated rings. The van der Waals surface area contributed by atoms with E-state index >= 15 is 0 Å². The largest absolute Gasteiger partial charge is 0.508 e. The monoisotopic (exact) mass is 803 g/mol. The number of carbonyl (C=O) groups is 2. The molecule has 0 radical (unpaired) electrons. The predicted molar refractivity (Wildman–Crippen MR) is 233 cm³/mol. The SMILES string of the molecule is COc1cccc(Nc2c(C(N)=O)cnc3c(C)cc(Cc4cccc(C(=O)N5CCC(NC[C@H](O)c6ccc(O)c(CO[Si](C)(C)C(C)(C)C)c6)CC5)c4)cc23)c1. The molecule has 1 atom stereocenters. The highest BCUT2D eigenvalue weighted by Gasteiger charge is 2.37. The molecule has 0 saturated carbocycles. The summed E-state index contributed by atoms with van der Waals surface area (Å²) in [5.41, 5.74) is 13.1. The van der Waals surface area contributed by atoms with Crippen LogP contribution in [0.25, 0.3) is 10.9 Å². The standard InChI is InChI=1S/C46H57N5O6Si/c1-29-20-31(23-38-42(29)49-26-39(44(47)54)43(38)50-36-12-9-13-37(25-36)56-5)21-30-10-8-11-33(22-30)45(55)51-18-16-35(17-19-51)48-27-41(53)32-14-15-40(52)34(24-32)28-57-58(6,7)46(2,3)4/h8-15,20,22-26,35,41,48,52-53H,16-19,21,27-28H2,1-7H3,(H2,47,54)(H,49,50)/t41-/m0/s1. The van der Waals surface area contributed by atoms with Crippen molar-refractivity contribution >= 4 is 42.4 Å². The van der Waals surface area contributed by atoms with Crippen LogP contribution in [0.15, 0.2) is 85.1 Å². The minimum atomic E-state index is -2.01. The van der Waals surface area contributed by atoms with Crippen LogP contribution in [0.2, 0.25) is 18.1 Å². The van der Waals surface area contributed by atoms with E-state index in [1.54, 1.807) is 19.2 Å². The Hall–Kier alpha value is -5.27. The number of carbonyl (C=O) groups excluding carboxylic acids is 2. The van der Waals surface area contributed by atoms with Gasteiger partial charge in [0.25, 0.3) is 11.8 Å². The fourth-order valence-corrected chi connectivity index (χ4v) is 8.09. The van der Waals surface area contributed by atoms with Crippen LogP contribution < -0.4 is 21.1 Å². The summed E-state index contributed by atoms with van der Waals surface area (Å²) in [4.78, 5) is 32.8. The van der Waals surface area contributed by atoms with Gasteiger partial charge >= 0.3 is 0 Å². The molecule has 2 amide bonds. The lowest BCUT2D eigenvalue weighted by molar-refractivity contribution is 0.0697. The van der Waals surface area contributed by atoms with E-state index < -0.39 is 20.3 Å². The van der Waals surface area contributed by atoms with E-state index in [2.05, 4.69) is 55.5 Å². The number of aromatic hydroxyl groups is 1. The zero-order valence-electron chi connectivity index (χ0n) is 34.7. The second-order valence-corrected chi connectivity index (χ2v) is 21.7. The molecule has 0 bridgehead atoms. The number of nitrogens with zero attached hydrogens (tertiary/aromatic N) is 2. The van der Waals surface area contributed by atoms with Gasteiger partial charge in [0.15, 0.2) is 8.32 Å². The number of hydrogen-bond donors (Lipinski definition) is 5. The van der Waals surface area contributed by atoms with Crippen LogP contribution in [-0.2, 0) is 17.5 Å². The van der Waals surface area contributed by atoms with Crippen LogP contribution in [0.4, 0.5) is 11.4 Å². The molecule has 306 valence electrons. The van der Waals surface area contributed by atoms with Gasteiger partial charge < -0.3 is 40.6 Å². The molecule has 0 aliphatic carbocycles. The molecule has 6 rings (SSSR count). The number of primary amides is 1. The minimum Gasteiger partial charge on any atom is -0.508 e. The van der Waals surface area contributed by atoms with Gasteiger partial charge in [0.05, 0.1) is 36.6 Å². The van der Waals surface area contributed by atoms with E-state index in [4.69, 9.17) is 14.9 Å². The number of hydrogen-bond acceptors (Lipinski definition) is 9. The summed E-state index contributed by atoms with van der Waals surface area (Å²) < 4.78 is 11.7. The van der Waals surface area contributed by atoms with Gasteiger partial charge in [-0.25, -0.2) is 0 Å². The van der Waals surface area contributed by atoms with Crippen molar-refractivity contribution in [3.8, 4) is 11.5 Å². The highest BCUT2D eigenvalue weighted by Crippen LogP contribution is 2.38. The Kier molecular flexibility index (Phi) is 12.9. The number of phenols is 1. The second-order valence-electron chi connectivity index (χ2n) is 16.9. The number of anilines is 2. The molecule has 2 heterocycles. The molecule has 4 aromatic carbocycles.